The fourth-order valence-corrected chi connectivity index (χ4v) is 2.99. The number of unbranched alkanes of at least 4 members (excludes halogenated alkanes) is 3. The van der Waals surface area contributed by atoms with E-state index in [1.165, 1.54) is 38.5 Å². The fraction of sp³-hybridized carbons (Fsp3) is 0.933. The third-order valence-corrected chi connectivity index (χ3v) is 4.08. The first-order chi connectivity index (χ1) is 8.25. The molecule has 0 radical (unpaired) electrons. The van der Waals surface area contributed by atoms with Crippen LogP contribution in [0.2, 0.25) is 0 Å². The van der Waals surface area contributed by atoms with Gasteiger partial charge in [0, 0.05) is 13.5 Å². The van der Waals surface area contributed by atoms with E-state index >= 15 is 0 Å². The maximum atomic E-state index is 12.4. The number of hydrogen-bond donors (Lipinski definition) is 0. The lowest BCUT2D eigenvalue weighted by Gasteiger charge is -2.35. The first-order valence-corrected chi connectivity index (χ1v) is 7.27. The van der Waals surface area contributed by atoms with Crippen LogP contribution in [0.4, 0.5) is 0 Å². The number of Topliss-reactive ketones (excluding diaryl/α,β-unsaturated/α-hetero) is 1. The van der Waals surface area contributed by atoms with E-state index in [1.807, 2.05) is 0 Å². The maximum Gasteiger partial charge on any atom is 0.141 e. The molecule has 0 atom stereocenters. The standard InChI is InChI=1S/C15H28O2/c1-3-4-5-7-10-14(16)15(13-17-2)11-8-6-9-12-15/h3-13H2,1-2H3. The van der Waals surface area contributed by atoms with Crippen molar-refractivity contribution in [3.63, 3.8) is 0 Å². The van der Waals surface area contributed by atoms with Crippen molar-refractivity contribution in [2.75, 3.05) is 13.7 Å². The van der Waals surface area contributed by atoms with Crippen LogP contribution in [0.25, 0.3) is 0 Å². The molecular formula is C15H28O2. The highest BCUT2D eigenvalue weighted by Crippen LogP contribution is 2.38. The number of carbonyl (C=O) groups is 1. The van der Waals surface area contributed by atoms with Crippen LogP contribution in [0.15, 0.2) is 0 Å². The molecule has 0 unspecified atom stereocenters. The Hall–Kier alpha value is -0.370. The second-order valence-corrected chi connectivity index (χ2v) is 5.51. The number of methoxy groups -OCH3 is 1. The third-order valence-electron chi connectivity index (χ3n) is 4.08. The van der Waals surface area contributed by atoms with E-state index in [4.69, 9.17) is 4.74 Å². The van der Waals surface area contributed by atoms with Gasteiger partial charge in [0.2, 0.25) is 0 Å². The maximum absolute atomic E-state index is 12.4. The molecule has 0 amide bonds. The molecular weight excluding hydrogens is 212 g/mol. The largest absolute Gasteiger partial charge is 0.384 e. The summed E-state index contributed by atoms with van der Waals surface area (Å²) in [5, 5.41) is 0. The summed E-state index contributed by atoms with van der Waals surface area (Å²) >= 11 is 0. The van der Waals surface area contributed by atoms with E-state index in [2.05, 4.69) is 6.92 Å². The van der Waals surface area contributed by atoms with Crippen LogP contribution < -0.4 is 0 Å². The number of ether oxygens (including phenoxy) is 1. The Labute approximate surface area is 106 Å². The summed E-state index contributed by atoms with van der Waals surface area (Å²) in [6.07, 6.45) is 11.3. The normalized spacial score (nSPS) is 19.2. The van der Waals surface area contributed by atoms with Crippen LogP contribution in [0.5, 0.6) is 0 Å². The van der Waals surface area contributed by atoms with Crippen molar-refractivity contribution in [3.05, 3.63) is 0 Å². The van der Waals surface area contributed by atoms with Crippen molar-refractivity contribution in [1.82, 2.24) is 0 Å². The second kappa shape index (κ2) is 7.86. The van der Waals surface area contributed by atoms with Gasteiger partial charge in [0.05, 0.1) is 12.0 Å². The van der Waals surface area contributed by atoms with E-state index in [9.17, 15) is 4.79 Å². The topological polar surface area (TPSA) is 26.3 Å². The lowest BCUT2D eigenvalue weighted by Crippen LogP contribution is -2.37. The first-order valence-electron chi connectivity index (χ1n) is 7.27. The van der Waals surface area contributed by atoms with Gasteiger partial charge in [0.1, 0.15) is 5.78 Å². The highest BCUT2D eigenvalue weighted by molar-refractivity contribution is 5.85. The molecule has 0 saturated heterocycles. The monoisotopic (exact) mass is 240 g/mol. The third kappa shape index (κ3) is 4.42. The summed E-state index contributed by atoms with van der Waals surface area (Å²) in [7, 11) is 1.72. The Morgan fingerprint density at radius 1 is 1.12 bits per heavy atom. The molecule has 2 nitrogen and oxygen atoms in total. The van der Waals surface area contributed by atoms with E-state index < -0.39 is 0 Å². The Bertz CT molecular complexity index is 211. The summed E-state index contributed by atoms with van der Waals surface area (Å²) in [6, 6.07) is 0. The number of ketones is 1. The molecule has 100 valence electrons. The van der Waals surface area contributed by atoms with Crippen molar-refractivity contribution in [3.8, 4) is 0 Å². The molecule has 0 spiro atoms. The van der Waals surface area contributed by atoms with Gasteiger partial charge in [-0.05, 0) is 19.3 Å². The molecule has 1 saturated carbocycles. The van der Waals surface area contributed by atoms with Crippen molar-refractivity contribution >= 4 is 5.78 Å². The Balaban J connectivity index is 2.42. The van der Waals surface area contributed by atoms with E-state index in [0.717, 1.165) is 25.7 Å². The summed E-state index contributed by atoms with van der Waals surface area (Å²) < 4.78 is 5.31. The van der Waals surface area contributed by atoms with E-state index in [1.54, 1.807) is 7.11 Å². The quantitative estimate of drug-likeness (QED) is 0.596. The minimum Gasteiger partial charge on any atom is -0.384 e. The SMILES string of the molecule is CCCCCCC(=O)C1(COC)CCCCC1. The average molecular weight is 240 g/mol. The highest BCUT2D eigenvalue weighted by atomic mass is 16.5. The zero-order chi connectivity index (χ0) is 12.6. The highest BCUT2D eigenvalue weighted by Gasteiger charge is 2.38. The molecule has 17 heavy (non-hydrogen) atoms. The molecule has 1 aliphatic rings. The van der Waals surface area contributed by atoms with Crippen LogP contribution >= 0.6 is 0 Å². The lowest BCUT2D eigenvalue weighted by atomic mass is 9.70. The number of hydrogen-bond acceptors (Lipinski definition) is 2. The Morgan fingerprint density at radius 2 is 1.82 bits per heavy atom. The fourth-order valence-electron chi connectivity index (χ4n) is 2.99. The molecule has 0 bridgehead atoms. The predicted octanol–water partition coefficient (Wildman–Crippen LogP) is 4.12. The lowest BCUT2D eigenvalue weighted by molar-refractivity contribution is -0.134. The molecule has 1 rings (SSSR count). The molecule has 0 aromatic carbocycles. The number of rotatable bonds is 8. The van der Waals surface area contributed by atoms with Gasteiger partial charge in [-0.15, -0.1) is 0 Å². The zero-order valence-corrected chi connectivity index (χ0v) is 11.6. The molecule has 0 heterocycles. The van der Waals surface area contributed by atoms with Gasteiger partial charge in [0.25, 0.3) is 0 Å². The van der Waals surface area contributed by atoms with Gasteiger partial charge in [-0.1, -0.05) is 45.4 Å². The van der Waals surface area contributed by atoms with Gasteiger partial charge in [-0.25, -0.2) is 0 Å². The molecule has 1 aliphatic carbocycles. The second-order valence-electron chi connectivity index (χ2n) is 5.51. The molecule has 0 aliphatic heterocycles. The summed E-state index contributed by atoms with van der Waals surface area (Å²) in [5.74, 6) is 0.468. The van der Waals surface area contributed by atoms with Crippen LogP contribution in [0, 0.1) is 5.41 Å². The average Bonchev–Trinajstić information content (AvgIpc) is 2.36. The van der Waals surface area contributed by atoms with E-state index in [-0.39, 0.29) is 5.41 Å². The summed E-state index contributed by atoms with van der Waals surface area (Å²) in [6.45, 7) is 2.84. The van der Waals surface area contributed by atoms with Crippen molar-refractivity contribution < 1.29 is 9.53 Å². The summed E-state index contributed by atoms with van der Waals surface area (Å²) in [5.41, 5.74) is -0.126. The van der Waals surface area contributed by atoms with Crippen molar-refractivity contribution in [2.24, 2.45) is 5.41 Å². The minimum atomic E-state index is -0.126. The molecule has 1 fully saturated rings. The Kier molecular flexibility index (Phi) is 6.79. The molecule has 0 N–H and O–H groups in total. The van der Waals surface area contributed by atoms with Crippen molar-refractivity contribution in [2.45, 2.75) is 71.1 Å². The van der Waals surface area contributed by atoms with Crippen LogP contribution in [-0.4, -0.2) is 19.5 Å². The molecule has 2 heteroatoms. The molecule has 0 aromatic heterocycles. The smallest absolute Gasteiger partial charge is 0.141 e. The van der Waals surface area contributed by atoms with Crippen LogP contribution in [-0.2, 0) is 9.53 Å². The van der Waals surface area contributed by atoms with E-state index in [0.29, 0.717) is 12.4 Å². The van der Waals surface area contributed by atoms with Crippen molar-refractivity contribution in [1.29, 1.82) is 0 Å². The van der Waals surface area contributed by atoms with Crippen LogP contribution in [0.3, 0.4) is 0 Å². The van der Waals surface area contributed by atoms with Gasteiger partial charge in [-0.2, -0.15) is 0 Å². The molecule has 0 aromatic rings. The van der Waals surface area contributed by atoms with Crippen LogP contribution in [0.1, 0.15) is 71.1 Å². The predicted molar refractivity (Wildman–Crippen MR) is 71.2 cm³/mol. The van der Waals surface area contributed by atoms with Gasteiger partial charge in [-0.3, -0.25) is 4.79 Å². The van der Waals surface area contributed by atoms with Gasteiger partial charge in [0.15, 0.2) is 0 Å². The zero-order valence-electron chi connectivity index (χ0n) is 11.6. The Morgan fingerprint density at radius 3 is 2.41 bits per heavy atom. The number of carbonyl (C=O) groups excluding carboxylic acids is 1. The minimum absolute atomic E-state index is 0.126. The van der Waals surface area contributed by atoms with Gasteiger partial charge >= 0.3 is 0 Å². The van der Waals surface area contributed by atoms with Gasteiger partial charge < -0.3 is 4.74 Å². The summed E-state index contributed by atoms with van der Waals surface area (Å²) in [4.78, 5) is 12.4. The first kappa shape index (κ1) is 14.7.